The van der Waals surface area contributed by atoms with Gasteiger partial charge in [-0.25, -0.2) is 16.8 Å². The number of benzene rings is 3. The second-order valence-corrected chi connectivity index (χ2v) is 11.9. The second-order valence-electron chi connectivity index (χ2n) is 10.1. The van der Waals surface area contributed by atoms with Gasteiger partial charge in [0, 0.05) is 36.0 Å². The van der Waals surface area contributed by atoms with Crippen LogP contribution in [0.3, 0.4) is 0 Å². The summed E-state index contributed by atoms with van der Waals surface area (Å²) in [6.45, 7) is 2.45. The molecule has 6 rings (SSSR count). The molecule has 2 heterocycles. The van der Waals surface area contributed by atoms with Gasteiger partial charge in [0.25, 0.3) is 15.6 Å². The van der Waals surface area contributed by atoms with Crippen molar-refractivity contribution in [1.29, 1.82) is 0 Å². The lowest BCUT2D eigenvalue weighted by Crippen LogP contribution is -2.22. The summed E-state index contributed by atoms with van der Waals surface area (Å²) in [7, 11) is -2.43. The molecular formula is C31H27FN2O4S. The molecule has 39 heavy (non-hydrogen) atoms. The molecule has 8 heteroatoms. The van der Waals surface area contributed by atoms with Crippen molar-refractivity contribution in [3.63, 3.8) is 0 Å². The number of aryl methyl sites for hydroxylation is 2. The molecule has 0 radical (unpaired) electrons. The smallest absolute Gasteiger partial charge is 0.275 e. The molecule has 1 aliphatic carbocycles. The molecule has 1 saturated carbocycles. The number of hydrogen-bond acceptors (Lipinski definition) is 4. The van der Waals surface area contributed by atoms with Gasteiger partial charge in [0.2, 0.25) is 0 Å². The van der Waals surface area contributed by atoms with Crippen LogP contribution in [-0.4, -0.2) is 23.6 Å². The predicted octanol–water partition coefficient (Wildman–Crippen LogP) is 6.15. The summed E-state index contributed by atoms with van der Waals surface area (Å²) in [5, 5.41) is 0.487. The van der Waals surface area contributed by atoms with E-state index in [1.54, 1.807) is 37.5 Å². The van der Waals surface area contributed by atoms with Gasteiger partial charge in [-0.3, -0.25) is 4.79 Å². The van der Waals surface area contributed by atoms with Crippen molar-refractivity contribution in [3.05, 3.63) is 107 Å². The maximum Gasteiger partial charge on any atom is 0.275 e. The maximum absolute atomic E-state index is 14.0. The molecule has 0 aliphatic heterocycles. The molecule has 1 fully saturated rings. The minimum atomic E-state index is -4.03. The Hall–Kier alpha value is -4.17. The Morgan fingerprint density at radius 3 is 2.41 bits per heavy atom. The lowest BCUT2D eigenvalue weighted by Gasteiger charge is -2.16. The summed E-state index contributed by atoms with van der Waals surface area (Å²) in [5.74, 6) is 0.795. The van der Waals surface area contributed by atoms with Crippen molar-refractivity contribution >= 4 is 20.9 Å². The Bertz CT molecular complexity index is 1880. The summed E-state index contributed by atoms with van der Waals surface area (Å²) in [5.41, 5.74) is 3.37. The fourth-order valence-electron chi connectivity index (χ4n) is 4.77. The molecule has 0 saturated heterocycles. The van der Waals surface area contributed by atoms with Gasteiger partial charge in [0.15, 0.2) is 0 Å². The zero-order chi connectivity index (χ0) is 27.3. The third-order valence-corrected chi connectivity index (χ3v) is 8.85. The summed E-state index contributed by atoms with van der Waals surface area (Å²) in [6.07, 6.45) is 5.37. The Balaban J connectivity index is 1.57. The Kier molecular flexibility index (Phi) is 6.14. The molecule has 0 unspecified atom stereocenters. The van der Waals surface area contributed by atoms with Gasteiger partial charge in [-0.05, 0) is 79.3 Å². The number of rotatable bonds is 7. The maximum atomic E-state index is 14.0. The quantitative estimate of drug-likeness (QED) is 0.247. The first-order valence-electron chi connectivity index (χ1n) is 12.8. The summed E-state index contributed by atoms with van der Waals surface area (Å²) in [4.78, 5) is 13.5. The van der Waals surface area contributed by atoms with Crippen LogP contribution >= 0.6 is 0 Å². The normalized spacial score (nSPS) is 13.6. The van der Waals surface area contributed by atoms with E-state index in [2.05, 4.69) is 0 Å². The molecule has 0 atom stereocenters. The first kappa shape index (κ1) is 25.1. The van der Waals surface area contributed by atoms with Crippen LogP contribution in [0.5, 0.6) is 5.75 Å². The highest BCUT2D eigenvalue weighted by Gasteiger charge is 2.25. The SMILES string of the molecule is Cc1ccc(S(=O)(=O)n2ccc3c(-c4cc(-c5cccc(F)c5)ccc4OCC4CC4)cn(C)c(=O)c32)cc1. The van der Waals surface area contributed by atoms with Crippen LogP contribution in [0.15, 0.2) is 94.9 Å². The number of hydrogen-bond donors (Lipinski definition) is 0. The molecule has 5 aromatic rings. The highest BCUT2D eigenvalue weighted by atomic mass is 32.2. The van der Waals surface area contributed by atoms with Crippen molar-refractivity contribution in [2.45, 2.75) is 24.7 Å². The monoisotopic (exact) mass is 542 g/mol. The van der Waals surface area contributed by atoms with Crippen molar-refractivity contribution in [2.75, 3.05) is 6.61 Å². The number of pyridine rings is 1. The average molecular weight is 543 g/mol. The molecule has 0 amide bonds. The van der Waals surface area contributed by atoms with Crippen molar-refractivity contribution in [3.8, 4) is 28.0 Å². The van der Waals surface area contributed by atoms with E-state index in [0.29, 0.717) is 40.4 Å². The van der Waals surface area contributed by atoms with Gasteiger partial charge in [-0.2, -0.15) is 0 Å². The zero-order valence-electron chi connectivity index (χ0n) is 21.6. The predicted molar refractivity (Wildman–Crippen MR) is 150 cm³/mol. The molecule has 6 nitrogen and oxygen atoms in total. The fraction of sp³-hybridized carbons (Fsp3) is 0.194. The van der Waals surface area contributed by atoms with E-state index in [9.17, 15) is 17.6 Å². The molecule has 0 bridgehead atoms. The first-order valence-corrected chi connectivity index (χ1v) is 14.2. The van der Waals surface area contributed by atoms with E-state index >= 15 is 0 Å². The molecule has 3 aromatic carbocycles. The van der Waals surface area contributed by atoms with Gasteiger partial charge in [0.05, 0.1) is 11.5 Å². The third kappa shape index (κ3) is 4.65. The van der Waals surface area contributed by atoms with Crippen LogP contribution in [0, 0.1) is 18.7 Å². The number of nitrogens with zero attached hydrogens (tertiary/aromatic N) is 2. The first-order chi connectivity index (χ1) is 18.7. The van der Waals surface area contributed by atoms with E-state index < -0.39 is 15.6 Å². The van der Waals surface area contributed by atoms with Crippen LogP contribution in [0.25, 0.3) is 33.2 Å². The van der Waals surface area contributed by atoms with E-state index in [1.807, 2.05) is 31.2 Å². The van der Waals surface area contributed by atoms with E-state index in [-0.39, 0.29) is 16.2 Å². The Labute approximate surface area is 226 Å². The van der Waals surface area contributed by atoms with Gasteiger partial charge in [-0.1, -0.05) is 35.9 Å². The Morgan fingerprint density at radius 1 is 0.949 bits per heavy atom. The van der Waals surface area contributed by atoms with Crippen LogP contribution in [-0.2, 0) is 17.1 Å². The van der Waals surface area contributed by atoms with E-state index in [4.69, 9.17) is 4.74 Å². The van der Waals surface area contributed by atoms with E-state index in [0.717, 1.165) is 27.9 Å². The Morgan fingerprint density at radius 2 is 1.69 bits per heavy atom. The topological polar surface area (TPSA) is 70.3 Å². The van der Waals surface area contributed by atoms with Gasteiger partial charge in [0.1, 0.15) is 17.1 Å². The van der Waals surface area contributed by atoms with Crippen LogP contribution in [0.1, 0.15) is 18.4 Å². The summed E-state index contributed by atoms with van der Waals surface area (Å²) in [6, 6.07) is 20.2. The number of ether oxygens (including phenoxy) is 1. The minimum absolute atomic E-state index is 0.0554. The third-order valence-electron chi connectivity index (χ3n) is 7.16. The zero-order valence-corrected chi connectivity index (χ0v) is 22.4. The minimum Gasteiger partial charge on any atom is -0.493 e. The van der Waals surface area contributed by atoms with Crippen LogP contribution in [0.4, 0.5) is 4.39 Å². The molecular weight excluding hydrogens is 515 g/mol. The summed E-state index contributed by atoms with van der Waals surface area (Å²) < 4.78 is 49.9. The van der Waals surface area contributed by atoms with Crippen molar-refractivity contribution < 1.29 is 17.5 Å². The highest BCUT2D eigenvalue weighted by Crippen LogP contribution is 2.39. The molecule has 0 spiro atoms. The lowest BCUT2D eigenvalue weighted by atomic mass is 9.97. The van der Waals surface area contributed by atoms with Gasteiger partial charge in [-0.15, -0.1) is 0 Å². The lowest BCUT2D eigenvalue weighted by molar-refractivity contribution is 0.301. The standard InChI is InChI=1S/C31H27FN2O4S/c1-20-6-11-25(12-7-20)39(36,37)34-15-14-26-28(18-33(2)31(35)30(26)34)27-17-23(22-4-3-5-24(32)16-22)10-13-29(27)38-19-21-8-9-21/h3-7,10-18,21H,8-9,19H2,1-2H3. The number of halogens is 1. The molecule has 2 aromatic heterocycles. The van der Waals surface area contributed by atoms with Gasteiger partial charge < -0.3 is 9.30 Å². The fourth-order valence-corrected chi connectivity index (χ4v) is 6.12. The van der Waals surface area contributed by atoms with Crippen LogP contribution in [0.2, 0.25) is 0 Å². The van der Waals surface area contributed by atoms with E-state index in [1.165, 1.54) is 35.0 Å². The molecule has 1 aliphatic rings. The van der Waals surface area contributed by atoms with Crippen molar-refractivity contribution in [2.24, 2.45) is 13.0 Å². The molecule has 0 N–H and O–H groups in total. The largest absolute Gasteiger partial charge is 0.493 e. The average Bonchev–Trinajstić information content (AvgIpc) is 3.64. The number of fused-ring (bicyclic) bond motifs is 1. The number of aromatic nitrogens is 2. The highest BCUT2D eigenvalue weighted by molar-refractivity contribution is 7.90. The van der Waals surface area contributed by atoms with Crippen LogP contribution < -0.4 is 10.3 Å². The summed E-state index contributed by atoms with van der Waals surface area (Å²) >= 11 is 0. The molecule has 198 valence electrons. The second kappa shape index (κ2) is 9.54. The van der Waals surface area contributed by atoms with Crippen molar-refractivity contribution in [1.82, 2.24) is 8.54 Å². The van der Waals surface area contributed by atoms with Gasteiger partial charge >= 0.3 is 0 Å².